The van der Waals surface area contributed by atoms with Crippen molar-refractivity contribution in [1.82, 2.24) is 57.7 Å². The average molecular weight is 1240 g/mol. The number of hydrogen-bond donors (Lipinski definition) is 17. The van der Waals surface area contributed by atoms with Crippen molar-refractivity contribution in [3.63, 3.8) is 0 Å². The van der Waals surface area contributed by atoms with Gasteiger partial charge in [0.15, 0.2) is 0 Å². The Morgan fingerprint density at radius 1 is 0.460 bits per heavy atom. The predicted octanol–water partition coefficient (Wildman–Crippen LogP) is -7.05. The molecule has 34 nitrogen and oxygen atoms in total. The third kappa shape index (κ3) is 22.6. The fourth-order valence-corrected chi connectivity index (χ4v) is 9.29. The van der Waals surface area contributed by atoms with Crippen molar-refractivity contribution in [2.24, 2.45) is 35.1 Å². The van der Waals surface area contributed by atoms with E-state index in [1.165, 1.54) is 11.8 Å². The van der Waals surface area contributed by atoms with Crippen LogP contribution in [0, 0.1) is 23.7 Å². The first kappa shape index (κ1) is 75.0. The molecule has 13 atom stereocenters. The van der Waals surface area contributed by atoms with E-state index in [-0.39, 0.29) is 44.7 Å². The standard InChI is InChI=1S/C53H87N13O21/c1-9-26(8)41(64-43(76)28(18-35(54)70)57-45(78)30(20-67)59-46(79)31(21-68)60-49(82)38(55)23(2)3)50(83)61-32(22-69)44(77)56-27(14-15-36(71)72)42(75)58-29(19-37(73)74)51(84)65-16-10-12-33(65)47(80)62-39(24(4)5)52(85)66-17-11-13-34(66)48(81)63-40(25(6)7)53(86)87/h23-34,38-41,67-69H,9-22,55H2,1-8H3,(H2,54,70)(H,56,77)(H,57,78)(H,58,75)(H,59,79)(H,60,82)(H,61,83)(H,62,80)(H,63,81)(H,64,76)(H,71,72)(H,73,74)(H,86,87)/t26?,27-,28-,29-,30-,31-,32-,33-,34-,38-,39-,40-,41-/m0/s1. The number of aliphatic hydroxyl groups is 3. The second-order valence-corrected chi connectivity index (χ2v) is 22.4. The second-order valence-electron chi connectivity index (χ2n) is 22.4. The Bertz CT molecular complexity index is 2520. The van der Waals surface area contributed by atoms with E-state index in [0.29, 0.717) is 6.42 Å². The lowest BCUT2D eigenvalue weighted by Crippen LogP contribution is -2.62. The van der Waals surface area contributed by atoms with Crippen LogP contribution in [0.3, 0.4) is 0 Å². The van der Waals surface area contributed by atoms with E-state index < -0.39 is 225 Å². The molecule has 0 saturated carbocycles. The summed E-state index contributed by atoms with van der Waals surface area (Å²) in [7, 11) is 0. The number of aliphatic hydroxyl groups excluding tert-OH is 3. The molecular weight excluding hydrogens is 1150 g/mol. The van der Waals surface area contributed by atoms with Crippen molar-refractivity contribution >= 4 is 88.8 Å². The van der Waals surface area contributed by atoms with E-state index in [0.717, 1.165) is 4.90 Å². The summed E-state index contributed by atoms with van der Waals surface area (Å²) in [6, 6.07) is -19.0. The van der Waals surface area contributed by atoms with Gasteiger partial charge in [-0.15, -0.1) is 0 Å². The molecule has 0 radical (unpaired) electrons. The fraction of sp³-hybridized carbons (Fsp3) is 0.717. The molecule has 87 heavy (non-hydrogen) atoms. The van der Waals surface area contributed by atoms with Gasteiger partial charge in [0.2, 0.25) is 70.9 Å². The summed E-state index contributed by atoms with van der Waals surface area (Å²) in [5.41, 5.74) is 11.1. The van der Waals surface area contributed by atoms with Crippen molar-refractivity contribution in [3.8, 4) is 0 Å². The van der Waals surface area contributed by atoms with Gasteiger partial charge in [0.1, 0.15) is 66.5 Å². The maximum absolute atomic E-state index is 14.3. The molecule has 2 saturated heterocycles. The maximum atomic E-state index is 14.3. The molecule has 2 heterocycles. The Morgan fingerprint density at radius 3 is 1.28 bits per heavy atom. The molecule has 12 amide bonds. The lowest BCUT2D eigenvalue weighted by atomic mass is 9.97. The van der Waals surface area contributed by atoms with E-state index in [1.54, 1.807) is 48.5 Å². The summed E-state index contributed by atoms with van der Waals surface area (Å²) >= 11 is 0. The van der Waals surface area contributed by atoms with Gasteiger partial charge >= 0.3 is 17.9 Å². The normalized spacial score (nSPS) is 18.6. The van der Waals surface area contributed by atoms with Crippen LogP contribution in [-0.2, 0) is 71.9 Å². The number of primary amides is 1. The highest BCUT2D eigenvalue weighted by Gasteiger charge is 2.44. The first-order valence-corrected chi connectivity index (χ1v) is 28.5. The predicted molar refractivity (Wildman–Crippen MR) is 301 cm³/mol. The van der Waals surface area contributed by atoms with E-state index in [1.807, 2.05) is 0 Å². The smallest absolute Gasteiger partial charge is 0.326 e. The molecule has 0 spiro atoms. The van der Waals surface area contributed by atoms with Gasteiger partial charge in [0, 0.05) is 19.5 Å². The van der Waals surface area contributed by atoms with Crippen LogP contribution in [-0.4, -0.2) is 235 Å². The number of carbonyl (C=O) groups is 15. The molecule has 0 bridgehead atoms. The summed E-state index contributed by atoms with van der Waals surface area (Å²) in [4.78, 5) is 200. The number of nitrogens with zero attached hydrogens (tertiary/aromatic N) is 2. The summed E-state index contributed by atoms with van der Waals surface area (Å²) in [6.07, 6.45) is -2.70. The molecular formula is C53H87N13O21. The molecule has 2 aliphatic rings. The number of carbonyl (C=O) groups excluding carboxylic acids is 12. The zero-order chi connectivity index (χ0) is 66.3. The van der Waals surface area contributed by atoms with Gasteiger partial charge in [0.05, 0.1) is 38.7 Å². The average Bonchev–Trinajstić information content (AvgIpc) is 2.52. The van der Waals surface area contributed by atoms with Gasteiger partial charge in [-0.3, -0.25) is 67.1 Å². The zero-order valence-electron chi connectivity index (χ0n) is 50.0. The van der Waals surface area contributed by atoms with Crippen LogP contribution in [0.2, 0.25) is 0 Å². The molecule has 0 aromatic heterocycles. The van der Waals surface area contributed by atoms with Crippen LogP contribution in [0.4, 0.5) is 0 Å². The van der Waals surface area contributed by atoms with Crippen LogP contribution in [0.25, 0.3) is 0 Å². The number of carboxylic acid groups (broad SMARTS) is 3. The van der Waals surface area contributed by atoms with E-state index >= 15 is 0 Å². The monoisotopic (exact) mass is 1240 g/mol. The minimum atomic E-state index is -1.99. The third-order valence-corrected chi connectivity index (χ3v) is 14.7. The van der Waals surface area contributed by atoms with Gasteiger partial charge in [-0.05, 0) is 55.8 Å². The zero-order valence-corrected chi connectivity index (χ0v) is 50.0. The fourth-order valence-electron chi connectivity index (χ4n) is 9.29. The summed E-state index contributed by atoms with van der Waals surface area (Å²) in [5, 5.41) is 79.6. The van der Waals surface area contributed by atoms with Gasteiger partial charge in [-0.2, -0.15) is 0 Å². The summed E-state index contributed by atoms with van der Waals surface area (Å²) < 4.78 is 0. The molecule has 2 rings (SSSR count). The van der Waals surface area contributed by atoms with Crippen LogP contribution >= 0.6 is 0 Å². The SMILES string of the molecule is CCC(C)[C@H](NC(=O)[C@H](CC(N)=O)NC(=O)[C@H](CO)NC(=O)[C@H](CO)NC(=O)[C@@H](N)C(C)C)C(=O)N[C@@H](CO)C(=O)N[C@@H](CCC(=O)O)C(=O)N[C@@H](CC(=O)O)C(=O)N1CCC[C@H]1C(=O)N[C@H](C(=O)N1CCC[C@H]1C(=O)N[C@H](C(=O)O)C(C)C)C(C)C. The molecule has 34 heteroatoms. The van der Waals surface area contributed by atoms with Gasteiger partial charge in [-0.25, -0.2) is 4.79 Å². The van der Waals surface area contributed by atoms with E-state index in [2.05, 4.69) is 47.9 Å². The molecule has 2 aliphatic heterocycles. The van der Waals surface area contributed by atoms with Crippen LogP contribution in [0.5, 0.6) is 0 Å². The number of amides is 12. The first-order valence-electron chi connectivity index (χ1n) is 28.5. The Hall–Kier alpha value is -8.11. The number of carboxylic acids is 3. The van der Waals surface area contributed by atoms with Crippen LogP contribution in [0.15, 0.2) is 0 Å². The lowest BCUT2D eigenvalue weighted by Gasteiger charge is -2.33. The van der Waals surface area contributed by atoms with Crippen LogP contribution in [0.1, 0.15) is 113 Å². The minimum absolute atomic E-state index is 0.000998. The number of nitrogens with two attached hydrogens (primary N) is 2. The molecule has 0 aromatic rings. The first-order chi connectivity index (χ1) is 40.6. The minimum Gasteiger partial charge on any atom is -0.481 e. The van der Waals surface area contributed by atoms with Crippen molar-refractivity contribution in [2.75, 3.05) is 32.9 Å². The molecule has 1 unspecified atom stereocenters. The highest BCUT2D eigenvalue weighted by molar-refractivity contribution is 6.01. The molecule has 2 fully saturated rings. The topological polar surface area (TPSA) is 544 Å². The van der Waals surface area contributed by atoms with Crippen molar-refractivity contribution in [2.45, 2.75) is 186 Å². The van der Waals surface area contributed by atoms with Crippen molar-refractivity contribution in [1.29, 1.82) is 0 Å². The largest absolute Gasteiger partial charge is 0.481 e. The number of rotatable bonds is 36. The Morgan fingerprint density at radius 2 is 0.862 bits per heavy atom. The van der Waals surface area contributed by atoms with E-state index in [4.69, 9.17) is 11.5 Å². The summed E-state index contributed by atoms with van der Waals surface area (Å²) in [5.74, 6) is -19.6. The van der Waals surface area contributed by atoms with Crippen molar-refractivity contribution < 1.29 is 103 Å². The third-order valence-electron chi connectivity index (χ3n) is 14.7. The van der Waals surface area contributed by atoms with Crippen LogP contribution < -0.4 is 59.3 Å². The maximum Gasteiger partial charge on any atom is 0.326 e. The number of aliphatic carboxylic acids is 3. The molecule has 490 valence electrons. The number of nitrogens with one attached hydrogen (secondary N) is 9. The van der Waals surface area contributed by atoms with Gasteiger partial charge in [-0.1, -0.05) is 61.8 Å². The van der Waals surface area contributed by atoms with E-state index in [9.17, 15) is 103 Å². The molecule has 0 aromatic carbocycles. The van der Waals surface area contributed by atoms with Crippen molar-refractivity contribution in [3.05, 3.63) is 0 Å². The molecule has 0 aliphatic carbocycles. The van der Waals surface area contributed by atoms with Gasteiger partial charge < -0.3 is 99.8 Å². The molecule has 19 N–H and O–H groups in total. The highest BCUT2D eigenvalue weighted by atomic mass is 16.4. The Balaban J connectivity index is 2.34. The Labute approximate surface area is 501 Å². The quantitative estimate of drug-likeness (QED) is 0.0277. The van der Waals surface area contributed by atoms with Gasteiger partial charge in [0.25, 0.3) is 0 Å². The second kappa shape index (κ2) is 35.5. The highest BCUT2D eigenvalue weighted by Crippen LogP contribution is 2.24. The summed E-state index contributed by atoms with van der Waals surface area (Å²) in [6.45, 7) is 9.30. The number of hydrogen-bond acceptors (Lipinski definition) is 19. The number of likely N-dealkylation sites (tertiary alicyclic amines) is 2. The lowest BCUT2D eigenvalue weighted by molar-refractivity contribution is -0.148. The Kier molecular flexibility index (Phi) is 30.6.